The highest BCUT2D eigenvalue weighted by molar-refractivity contribution is 6.34. The first-order valence-corrected chi connectivity index (χ1v) is 6.76. The van der Waals surface area contributed by atoms with E-state index in [4.69, 9.17) is 11.6 Å². The standard InChI is InChI=1S/C15H18ClN3O/c1-15(2,3)11-6-5-7-12(13(11)16)18-14(20)10-8-17-19(4)9-10/h5-9H,1-4H3,(H,18,20). The number of carbonyl (C=O) groups excluding carboxylic acids is 1. The number of amides is 1. The molecule has 0 saturated carbocycles. The highest BCUT2D eigenvalue weighted by atomic mass is 35.5. The van der Waals surface area contributed by atoms with Crippen molar-refractivity contribution in [3.8, 4) is 0 Å². The third-order valence-electron chi connectivity index (χ3n) is 3.02. The monoisotopic (exact) mass is 291 g/mol. The Morgan fingerprint density at radius 3 is 2.60 bits per heavy atom. The molecule has 2 aromatic rings. The highest BCUT2D eigenvalue weighted by Crippen LogP contribution is 2.34. The predicted octanol–water partition coefficient (Wildman–Crippen LogP) is 3.62. The smallest absolute Gasteiger partial charge is 0.258 e. The first-order chi connectivity index (χ1) is 9.29. The summed E-state index contributed by atoms with van der Waals surface area (Å²) < 4.78 is 1.59. The lowest BCUT2D eigenvalue weighted by molar-refractivity contribution is 0.102. The lowest BCUT2D eigenvalue weighted by Gasteiger charge is -2.22. The molecule has 1 aromatic carbocycles. The second-order valence-electron chi connectivity index (χ2n) is 5.77. The minimum atomic E-state index is -0.217. The van der Waals surface area contributed by atoms with Crippen molar-refractivity contribution in [1.29, 1.82) is 0 Å². The van der Waals surface area contributed by atoms with Crippen molar-refractivity contribution >= 4 is 23.2 Å². The van der Waals surface area contributed by atoms with E-state index >= 15 is 0 Å². The van der Waals surface area contributed by atoms with Crippen LogP contribution in [0.4, 0.5) is 5.69 Å². The molecule has 0 saturated heterocycles. The van der Waals surface area contributed by atoms with Crippen molar-refractivity contribution in [3.63, 3.8) is 0 Å². The molecular formula is C15H18ClN3O. The Balaban J connectivity index is 2.28. The summed E-state index contributed by atoms with van der Waals surface area (Å²) >= 11 is 6.39. The minimum Gasteiger partial charge on any atom is -0.321 e. The zero-order valence-electron chi connectivity index (χ0n) is 12.1. The molecule has 1 aromatic heterocycles. The van der Waals surface area contributed by atoms with E-state index in [0.717, 1.165) is 5.56 Å². The molecule has 5 heteroatoms. The van der Waals surface area contributed by atoms with Crippen LogP contribution >= 0.6 is 11.6 Å². The zero-order valence-corrected chi connectivity index (χ0v) is 12.8. The Bertz CT molecular complexity index is 641. The van der Waals surface area contributed by atoms with Gasteiger partial charge in [-0.15, -0.1) is 0 Å². The minimum absolute atomic E-state index is 0.0773. The number of carbonyl (C=O) groups is 1. The van der Waals surface area contributed by atoms with Crippen molar-refractivity contribution in [2.75, 3.05) is 5.32 Å². The average molecular weight is 292 g/mol. The van der Waals surface area contributed by atoms with Crippen LogP contribution in [0.2, 0.25) is 5.02 Å². The van der Waals surface area contributed by atoms with Gasteiger partial charge in [0.05, 0.1) is 22.5 Å². The molecule has 0 aliphatic rings. The summed E-state index contributed by atoms with van der Waals surface area (Å²) in [5, 5.41) is 7.39. The Kier molecular flexibility index (Phi) is 3.86. The van der Waals surface area contributed by atoms with Crippen LogP contribution < -0.4 is 5.32 Å². The summed E-state index contributed by atoms with van der Waals surface area (Å²) in [5.74, 6) is -0.217. The molecule has 0 bridgehead atoms. The predicted molar refractivity (Wildman–Crippen MR) is 81.3 cm³/mol. The van der Waals surface area contributed by atoms with Gasteiger partial charge in [0.15, 0.2) is 0 Å². The number of benzene rings is 1. The largest absolute Gasteiger partial charge is 0.321 e. The van der Waals surface area contributed by atoms with Crippen LogP contribution in [0.3, 0.4) is 0 Å². The maximum absolute atomic E-state index is 12.1. The van der Waals surface area contributed by atoms with E-state index in [1.54, 1.807) is 24.0 Å². The fourth-order valence-corrected chi connectivity index (χ4v) is 2.40. The molecule has 1 N–H and O–H groups in total. The molecule has 0 aliphatic carbocycles. The lowest BCUT2D eigenvalue weighted by atomic mass is 9.87. The Labute approximate surface area is 123 Å². The molecule has 20 heavy (non-hydrogen) atoms. The number of hydrogen-bond donors (Lipinski definition) is 1. The van der Waals surface area contributed by atoms with E-state index in [9.17, 15) is 4.79 Å². The van der Waals surface area contributed by atoms with Crippen molar-refractivity contribution in [1.82, 2.24) is 9.78 Å². The van der Waals surface area contributed by atoms with Gasteiger partial charge >= 0.3 is 0 Å². The van der Waals surface area contributed by atoms with E-state index < -0.39 is 0 Å². The first-order valence-electron chi connectivity index (χ1n) is 6.38. The zero-order chi connectivity index (χ0) is 14.9. The molecule has 0 spiro atoms. The van der Waals surface area contributed by atoms with E-state index in [1.807, 2.05) is 12.1 Å². The van der Waals surface area contributed by atoms with Crippen molar-refractivity contribution < 1.29 is 4.79 Å². The van der Waals surface area contributed by atoms with Crippen LogP contribution in [0.1, 0.15) is 36.7 Å². The van der Waals surface area contributed by atoms with Gasteiger partial charge in [-0.2, -0.15) is 5.10 Å². The number of aryl methyl sites for hydroxylation is 1. The van der Waals surface area contributed by atoms with Gasteiger partial charge in [-0.25, -0.2) is 0 Å². The third kappa shape index (κ3) is 3.02. The van der Waals surface area contributed by atoms with Crippen LogP contribution in [0.5, 0.6) is 0 Å². The molecule has 1 heterocycles. The maximum Gasteiger partial charge on any atom is 0.258 e. The molecular weight excluding hydrogens is 274 g/mol. The average Bonchev–Trinajstić information content (AvgIpc) is 2.77. The van der Waals surface area contributed by atoms with E-state index in [0.29, 0.717) is 16.3 Å². The second kappa shape index (κ2) is 5.29. The summed E-state index contributed by atoms with van der Waals surface area (Å²) in [6.07, 6.45) is 3.19. The van der Waals surface area contributed by atoms with Crippen molar-refractivity contribution in [2.24, 2.45) is 7.05 Å². The quantitative estimate of drug-likeness (QED) is 0.918. The molecule has 0 unspecified atom stereocenters. The van der Waals surface area contributed by atoms with Crippen LogP contribution in [0.15, 0.2) is 30.6 Å². The van der Waals surface area contributed by atoms with Crippen LogP contribution in [-0.2, 0) is 12.5 Å². The Morgan fingerprint density at radius 2 is 2.05 bits per heavy atom. The van der Waals surface area contributed by atoms with E-state index in [2.05, 4.69) is 31.2 Å². The molecule has 0 aliphatic heterocycles. The molecule has 0 radical (unpaired) electrons. The maximum atomic E-state index is 12.1. The van der Waals surface area contributed by atoms with Crippen LogP contribution in [-0.4, -0.2) is 15.7 Å². The Morgan fingerprint density at radius 1 is 1.35 bits per heavy atom. The number of nitrogens with one attached hydrogen (secondary N) is 1. The topological polar surface area (TPSA) is 46.9 Å². The van der Waals surface area contributed by atoms with Gasteiger partial charge in [0.2, 0.25) is 0 Å². The molecule has 1 amide bonds. The highest BCUT2D eigenvalue weighted by Gasteiger charge is 2.20. The SMILES string of the molecule is Cn1cc(C(=O)Nc2cccc(C(C)(C)C)c2Cl)cn1. The van der Waals surface area contributed by atoms with Gasteiger partial charge in [0.1, 0.15) is 0 Å². The van der Waals surface area contributed by atoms with E-state index in [-0.39, 0.29) is 11.3 Å². The van der Waals surface area contributed by atoms with Gasteiger partial charge in [-0.05, 0) is 17.0 Å². The Hall–Kier alpha value is -1.81. The number of hydrogen-bond acceptors (Lipinski definition) is 2. The number of nitrogens with zero attached hydrogens (tertiary/aromatic N) is 2. The van der Waals surface area contributed by atoms with Gasteiger partial charge in [0, 0.05) is 13.2 Å². The fourth-order valence-electron chi connectivity index (χ4n) is 1.94. The van der Waals surface area contributed by atoms with Crippen molar-refractivity contribution in [2.45, 2.75) is 26.2 Å². The van der Waals surface area contributed by atoms with Crippen LogP contribution in [0, 0.1) is 0 Å². The van der Waals surface area contributed by atoms with Gasteiger partial charge in [-0.3, -0.25) is 9.48 Å². The number of aromatic nitrogens is 2. The molecule has 2 rings (SSSR count). The molecule has 0 atom stereocenters. The second-order valence-corrected chi connectivity index (χ2v) is 6.15. The summed E-state index contributed by atoms with van der Waals surface area (Å²) in [7, 11) is 1.77. The normalized spacial score (nSPS) is 11.4. The van der Waals surface area contributed by atoms with Gasteiger partial charge in [0.25, 0.3) is 5.91 Å². The number of rotatable bonds is 2. The summed E-state index contributed by atoms with van der Waals surface area (Å²) in [5.41, 5.74) is 2.05. The molecule has 106 valence electrons. The van der Waals surface area contributed by atoms with E-state index in [1.165, 1.54) is 6.20 Å². The van der Waals surface area contributed by atoms with Crippen molar-refractivity contribution in [3.05, 3.63) is 46.7 Å². The van der Waals surface area contributed by atoms with Crippen LogP contribution in [0.25, 0.3) is 0 Å². The fraction of sp³-hybridized carbons (Fsp3) is 0.333. The van der Waals surface area contributed by atoms with Gasteiger partial charge in [-0.1, -0.05) is 44.5 Å². The lowest BCUT2D eigenvalue weighted by Crippen LogP contribution is -2.15. The molecule has 0 fully saturated rings. The summed E-state index contributed by atoms with van der Waals surface area (Å²) in [4.78, 5) is 12.1. The first kappa shape index (κ1) is 14.6. The number of halogens is 1. The summed E-state index contributed by atoms with van der Waals surface area (Å²) in [6, 6.07) is 5.67. The third-order valence-corrected chi connectivity index (χ3v) is 3.43. The number of anilines is 1. The summed E-state index contributed by atoms with van der Waals surface area (Å²) in [6.45, 7) is 6.25. The molecule has 4 nitrogen and oxygen atoms in total. The van der Waals surface area contributed by atoms with Gasteiger partial charge < -0.3 is 5.32 Å².